The number of likely N-dealkylation sites (N-methyl/N-ethyl adjacent to an activating group) is 1. The van der Waals surface area contributed by atoms with E-state index in [1.165, 1.54) is 16.0 Å². The number of aryl methyl sites for hydroxylation is 1. The van der Waals surface area contributed by atoms with Crippen LogP contribution in [0.4, 0.5) is 0 Å². The second-order valence-corrected chi connectivity index (χ2v) is 18.4. The number of ether oxygens (including phenoxy) is 2. The summed E-state index contributed by atoms with van der Waals surface area (Å²) in [7, 11) is 3.25. The van der Waals surface area contributed by atoms with Gasteiger partial charge in [-0.3, -0.25) is 39.1 Å². The summed E-state index contributed by atoms with van der Waals surface area (Å²) in [5, 5.41) is 13.0. The third-order valence-corrected chi connectivity index (χ3v) is 12.8. The predicted octanol–water partition coefficient (Wildman–Crippen LogP) is 4.38. The van der Waals surface area contributed by atoms with Crippen molar-refractivity contribution in [2.75, 3.05) is 40.4 Å². The third-order valence-electron chi connectivity index (χ3n) is 12.8. The quantitative estimate of drug-likeness (QED) is 0.151. The molecule has 5 atom stereocenters. The fraction of sp³-hybridized carbons (Fsp3) is 0.532. The molecule has 0 saturated carbocycles. The van der Waals surface area contributed by atoms with E-state index >= 15 is 0 Å². The molecular weight excluding hydrogens is 817 g/mol. The number of hydrogen-bond donors (Lipinski definition) is 3. The number of benzene rings is 1. The Morgan fingerprint density at radius 2 is 1.92 bits per heavy atom. The summed E-state index contributed by atoms with van der Waals surface area (Å²) in [6.45, 7) is 17.2. The molecule has 6 bridgehead atoms. The number of aromatic amines is 1. The molecule has 6 heterocycles. The molecule has 7 rings (SSSR count). The summed E-state index contributed by atoms with van der Waals surface area (Å²) in [4.78, 5) is 81.5. The number of cyclic esters (lactones) is 1. The summed E-state index contributed by atoms with van der Waals surface area (Å²) in [5.41, 5.74) is 8.18. The van der Waals surface area contributed by atoms with Crippen LogP contribution in [-0.4, -0.2) is 128 Å². The molecule has 4 amide bonds. The van der Waals surface area contributed by atoms with Crippen LogP contribution in [0.25, 0.3) is 33.5 Å². The predicted molar refractivity (Wildman–Crippen MR) is 240 cm³/mol. The number of fused-ring (bicyclic) bond motifs is 6. The van der Waals surface area contributed by atoms with Crippen molar-refractivity contribution in [2.24, 2.45) is 17.3 Å². The second kappa shape index (κ2) is 19.0. The van der Waals surface area contributed by atoms with Gasteiger partial charge in [0, 0.05) is 80.4 Å². The van der Waals surface area contributed by atoms with E-state index in [0.717, 1.165) is 39.0 Å². The molecule has 0 unspecified atom stereocenters. The molecule has 0 radical (unpaired) electrons. The van der Waals surface area contributed by atoms with E-state index in [0.29, 0.717) is 44.6 Å². The van der Waals surface area contributed by atoms with Gasteiger partial charge in [-0.1, -0.05) is 34.3 Å². The average molecular weight is 879 g/mol. The zero-order chi connectivity index (χ0) is 46.0. The number of esters is 1. The fourth-order valence-electron chi connectivity index (χ4n) is 9.44. The number of amides is 4. The lowest BCUT2D eigenvalue weighted by atomic mass is 9.84. The van der Waals surface area contributed by atoms with Crippen molar-refractivity contribution in [1.29, 1.82) is 0 Å². The van der Waals surface area contributed by atoms with E-state index in [-0.39, 0.29) is 55.8 Å². The summed E-state index contributed by atoms with van der Waals surface area (Å²) >= 11 is 0. The lowest BCUT2D eigenvalue weighted by molar-refractivity contribution is -0.155. The van der Waals surface area contributed by atoms with Crippen LogP contribution in [0.2, 0.25) is 0 Å². The van der Waals surface area contributed by atoms with E-state index in [1.807, 2.05) is 32.9 Å². The molecule has 3 aliphatic rings. The molecule has 64 heavy (non-hydrogen) atoms. The number of likely N-dealkylation sites (tertiary alicyclic amines) is 1. The standard InChI is InChI=1S/C47H62N10O7/c1-10-38(58)55-21-18-30(25-55)44(60)54(8)40(27(3)4)43(59)49-35-23-37-50-42(52-51-37)29-16-17-36-32(22-29)33(41(56(36)11-2)31-14-12-19-48-39(31)28(5)63-9)24-47(6,7)26-64-46(62)34-15-13-20-57(53-34)45(35)61/h10,12,14,16-17,19,22,27-28,30,34-35,40,53H,1,11,13,15,18,20-21,23-26H2,2-9H3,(H,49,59)(H,50,51,52)/t28-,30-,34-,35-,40-/m0/s1. The smallest absolute Gasteiger partial charge is 0.324 e. The first-order chi connectivity index (χ1) is 30.5. The van der Waals surface area contributed by atoms with E-state index < -0.39 is 47.2 Å². The molecule has 4 aromatic rings. The first-order valence-electron chi connectivity index (χ1n) is 22.3. The van der Waals surface area contributed by atoms with Crippen LogP contribution in [0, 0.1) is 17.3 Å². The van der Waals surface area contributed by atoms with Crippen molar-refractivity contribution in [3.05, 3.63) is 66.3 Å². The summed E-state index contributed by atoms with van der Waals surface area (Å²) in [6.07, 6.45) is 4.62. The van der Waals surface area contributed by atoms with Gasteiger partial charge in [0.15, 0.2) is 11.6 Å². The highest BCUT2D eigenvalue weighted by Gasteiger charge is 2.40. The number of methoxy groups -OCH3 is 1. The Balaban J connectivity index is 1.27. The van der Waals surface area contributed by atoms with E-state index in [4.69, 9.17) is 19.4 Å². The molecule has 342 valence electrons. The lowest BCUT2D eigenvalue weighted by Gasteiger charge is -2.36. The number of H-pyrrole nitrogens is 1. The maximum Gasteiger partial charge on any atom is 0.324 e. The van der Waals surface area contributed by atoms with Crippen molar-refractivity contribution in [1.82, 2.24) is 50.3 Å². The Hall–Kier alpha value is -5.94. The minimum Gasteiger partial charge on any atom is -0.464 e. The Morgan fingerprint density at radius 1 is 1.14 bits per heavy atom. The van der Waals surface area contributed by atoms with Crippen LogP contribution in [0.1, 0.15) is 84.0 Å². The highest BCUT2D eigenvalue weighted by atomic mass is 16.5. The number of carbonyl (C=O) groups excluding carboxylic acids is 5. The zero-order valence-corrected chi connectivity index (χ0v) is 38.3. The van der Waals surface area contributed by atoms with Crippen LogP contribution in [0.15, 0.2) is 49.2 Å². The molecule has 3 aromatic heterocycles. The number of rotatable bonds is 10. The summed E-state index contributed by atoms with van der Waals surface area (Å²) in [6, 6.07) is 7.23. The van der Waals surface area contributed by atoms with Gasteiger partial charge in [0.2, 0.25) is 17.7 Å². The maximum atomic E-state index is 14.5. The number of hydrogen-bond acceptors (Lipinski definition) is 11. The molecule has 3 N–H and O–H groups in total. The molecule has 17 nitrogen and oxygen atoms in total. The number of pyridine rings is 1. The normalized spacial score (nSPS) is 21.3. The molecular formula is C47H62N10O7. The van der Waals surface area contributed by atoms with Crippen molar-refractivity contribution in [3.8, 4) is 22.6 Å². The van der Waals surface area contributed by atoms with Gasteiger partial charge in [-0.15, -0.1) is 0 Å². The number of carbonyl (C=O) groups is 5. The fourth-order valence-corrected chi connectivity index (χ4v) is 9.44. The Bertz CT molecular complexity index is 2420. The van der Waals surface area contributed by atoms with Crippen LogP contribution in [0.5, 0.6) is 0 Å². The molecule has 0 aliphatic carbocycles. The van der Waals surface area contributed by atoms with Crippen LogP contribution in [-0.2, 0) is 52.8 Å². The minimum absolute atomic E-state index is 0.0857. The van der Waals surface area contributed by atoms with Gasteiger partial charge in [0.1, 0.15) is 18.1 Å². The first kappa shape index (κ1) is 46.1. The number of hydrazine groups is 1. The van der Waals surface area contributed by atoms with Gasteiger partial charge >= 0.3 is 5.97 Å². The lowest BCUT2D eigenvalue weighted by Crippen LogP contribution is -2.62. The average Bonchev–Trinajstić information content (AvgIpc) is 4.05. The van der Waals surface area contributed by atoms with Crippen LogP contribution in [0.3, 0.4) is 0 Å². The summed E-state index contributed by atoms with van der Waals surface area (Å²) < 4.78 is 14.2. The van der Waals surface area contributed by atoms with Crippen molar-refractivity contribution in [2.45, 2.75) is 104 Å². The second-order valence-electron chi connectivity index (χ2n) is 18.4. The molecule has 3 aliphatic heterocycles. The Labute approximate surface area is 374 Å². The molecule has 2 fully saturated rings. The SMILES string of the molecule is C=CC(=O)N1CC[C@H](C(=O)N(C)[C@H](C(=O)N[C@H]2Cc3n[nH]c(n3)-c3ccc4c(c3)c(c(-c3cccnc3[C@H](C)OC)n4CC)CC(C)(C)COC(=O)[C@@H]3CCCN(N3)C2=O)C(C)C)C1. The van der Waals surface area contributed by atoms with Crippen LogP contribution >= 0.6 is 0 Å². The van der Waals surface area contributed by atoms with Gasteiger partial charge in [-0.05, 0) is 87.4 Å². The zero-order valence-electron chi connectivity index (χ0n) is 38.3. The largest absolute Gasteiger partial charge is 0.464 e. The Morgan fingerprint density at radius 3 is 2.64 bits per heavy atom. The Kier molecular flexibility index (Phi) is 13.7. The monoisotopic (exact) mass is 878 g/mol. The van der Waals surface area contributed by atoms with E-state index in [2.05, 4.69) is 71.1 Å². The van der Waals surface area contributed by atoms with Crippen LogP contribution < -0.4 is 10.7 Å². The van der Waals surface area contributed by atoms with Crippen molar-refractivity contribution < 1.29 is 33.4 Å². The molecule has 2 saturated heterocycles. The van der Waals surface area contributed by atoms with Gasteiger partial charge in [0.05, 0.1) is 30.0 Å². The van der Waals surface area contributed by atoms with Gasteiger partial charge in [-0.2, -0.15) is 5.10 Å². The molecule has 0 spiro atoms. The van der Waals surface area contributed by atoms with E-state index in [1.54, 1.807) is 25.3 Å². The van der Waals surface area contributed by atoms with Gasteiger partial charge in [-0.25, -0.2) is 10.4 Å². The molecule has 1 aromatic carbocycles. The maximum absolute atomic E-state index is 14.5. The first-order valence-corrected chi connectivity index (χ1v) is 22.3. The van der Waals surface area contributed by atoms with E-state index in [9.17, 15) is 24.0 Å². The number of nitrogens with one attached hydrogen (secondary N) is 3. The number of nitrogens with zero attached hydrogens (tertiary/aromatic N) is 7. The number of aromatic nitrogens is 5. The highest BCUT2D eigenvalue weighted by molar-refractivity contribution is 5.96. The van der Waals surface area contributed by atoms with Crippen molar-refractivity contribution >= 4 is 40.5 Å². The summed E-state index contributed by atoms with van der Waals surface area (Å²) in [5.74, 6) is -2.05. The highest BCUT2D eigenvalue weighted by Crippen LogP contribution is 2.41. The van der Waals surface area contributed by atoms with Crippen molar-refractivity contribution in [3.63, 3.8) is 0 Å². The topological polar surface area (TPSA) is 197 Å². The minimum atomic E-state index is -1.17. The van der Waals surface area contributed by atoms with Gasteiger partial charge in [0.25, 0.3) is 5.91 Å². The third kappa shape index (κ3) is 9.32. The molecule has 17 heteroatoms. The van der Waals surface area contributed by atoms with Gasteiger partial charge < -0.3 is 29.2 Å².